The Balaban J connectivity index is 2.20. The zero-order valence-electron chi connectivity index (χ0n) is 12.9. The quantitative estimate of drug-likeness (QED) is 0.842. The number of nitrogens with one attached hydrogen (secondary N) is 1. The fourth-order valence-electron chi connectivity index (χ4n) is 2.04. The van der Waals surface area contributed by atoms with Crippen LogP contribution in [0.3, 0.4) is 0 Å². The van der Waals surface area contributed by atoms with Gasteiger partial charge in [-0.2, -0.15) is 5.10 Å². The van der Waals surface area contributed by atoms with Crippen LogP contribution in [0.15, 0.2) is 32.9 Å². The molecule has 2 aromatic heterocycles. The van der Waals surface area contributed by atoms with Gasteiger partial charge in [-0.05, 0) is 59.2 Å². The van der Waals surface area contributed by atoms with Gasteiger partial charge in [0.1, 0.15) is 10.1 Å². The first-order valence-electron chi connectivity index (χ1n) is 7.00. The average Bonchev–Trinajstić information content (AvgIpc) is 2.67. The first-order chi connectivity index (χ1) is 9.99. The van der Waals surface area contributed by atoms with Gasteiger partial charge in [-0.3, -0.25) is 4.68 Å². The molecule has 1 N–H and O–H groups in total. The third-order valence-corrected chi connectivity index (χ3v) is 5.19. The summed E-state index contributed by atoms with van der Waals surface area (Å²) in [7, 11) is 1.98. The monoisotopic (exact) mass is 368 g/mol. The van der Waals surface area contributed by atoms with Crippen molar-refractivity contribution in [1.82, 2.24) is 20.1 Å². The van der Waals surface area contributed by atoms with E-state index in [9.17, 15) is 0 Å². The summed E-state index contributed by atoms with van der Waals surface area (Å²) in [6.07, 6.45) is 1.81. The second-order valence-corrected chi connectivity index (χ2v) is 7.24. The Morgan fingerprint density at radius 3 is 2.86 bits per heavy atom. The van der Waals surface area contributed by atoms with Crippen molar-refractivity contribution in [3.05, 3.63) is 34.1 Å². The second kappa shape index (κ2) is 7.42. The average molecular weight is 369 g/mol. The molecule has 2 heterocycles. The largest absolute Gasteiger partial charge is 0.312 e. The van der Waals surface area contributed by atoms with Crippen LogP contribution in [-0.4, -0.2) is 21.3 Å². The molecule has 0 bridgehead atoms. The van der Waals surface area contributed by atoms with Gasteiger partial charge in [0, 0.05) is 25.4 Å². The molecule has 0 amide bonds. The molecule has 0 aliphatic carbocycles. The minimum absolute atomic E-state index is 0.642. The minimum Gasteiger partial charge on any atom is -0.312 e. The van der Waals surface area contributed by atoms with E-state index in [-0.39, 0.29) is 0 Å². The van der Waals surface area contributed by atoms with Gasteiger partial charge in [-0.25, -0.2) is 4.98 Å². The Morgan fingerprint density at radius 2 is 2.19 bits per heavy atom. The maximum absolute atomic E-state index is 4.55. The summed E-state index contributed by atoms with van der Waals surface area (Å²) in [5.41, 5.74) is 2.32. The topological polar surface area (TPSA) is 42.7 Å². The summed E-state index contributed by atoms with van der Waals surface area (Å²) in [6, 6.07) is 3.93. The third kappa shape index (κ3) is 4.31. The van der Waals surface area contributed by atoms with Crippen LogP contribution in [-0.2, 0) is 13.6 Å². The van der Waals surface area contributed by atoms with Gasteiger partial charge in [0.2, 0.25) is 0 Å². The second-order valence-electron chi connectivity index (χ2n) is 5.41. The lowest BCUT2D eigenvalue weighted by Gasteiger charge is -2.10. The van der Waals surface area contributed by atoms with E-state index in [2.05, 4.69) is 52.1 Å². The van der Waals surface area contributed by atoms with Crippen molar-refractivity contribution in [1.29, 1.82) is 0 Å². The van der Waals surface area contributed by atoms with Gasteiger partial charge >= 0.3 is 0 Å². The van der Waals surface area contributed by atoms with E-state index in [4.69, 9.17) is 0 Å². The number of aryl methyl sites for hydroxylation is 2. The Kier molecular flexibility index (Phi) is 5.84. The molecule has 4 nitrogen and oxygen atoms in total. The molecule has 21 heavy (non-hydrogen) atoms. The number of nitrogens with zero attached hydrogens (tertiary/aromatic N) is 3. The number of aromatic nitrogens is 3. The van der Waals surface area contributed by atoms with Gasteiger partial charge in [0.05, 0.1) is 10.2 Å². The maximum atomic E-state index is 4.55. The molecule has 0 aliphatic heterocycles. The summed E-state index contributed by atoms with van der Waals surface area (Å²) in [5.74, 6) is 0.642. The molecular formula is C15H21BrN4S. The van der Waals surface area contributed by atoms with Crippen LogP contribution in [0, 0.1) is 12.8 Å². The van der Waals surface area contributed by atoms with E-state index in [1.54, 1.807) is 11.8 Å². The number of pyridine rings is 1. The van der Waals surface area contributed by atoms with Crippen LogP contribution in [0.25, 0.3) is 0 Å². The normalized spacial score (nSPS) is 11.3. The highest BCUT2D eigenvalue weighted by molar-refractivity contribution is 9.10. The Morgan fingerprint density at radius 1 is 1.43 bits per heavy atom. The van der Waals surface area contributed by atoms with Gasteiger partial charge in [-0.1, -0.05) is 13.8 Å². The van der Waals surface area contributed by atoms with Crippen molar-refractivity contribution in [2.24, 2.45) is 13.0 Å². The molecule has 114 valence electrons. The minimum atomic E-state index is 0.642. The van der Waals surface area contributed by atoms with Gasteiger partial charge in [0.15, 0.2) is 0 Å². The molecule has 0 aliphatic rings. The van der Waals surface area contributed by atoms with Crippen molar-refractivity contribution in [3.8, 4) is 0 Å². The van der Waals surface area contributed by atoms with Crippen molar-refractivity contribution >= 4 is 27.7 Å². The van der Waals surface area contributed by atoms with Gasteiger partial charge < -0.3 is 5.32 Å². The summed E-state index contributed by atoms with van der Waals surface area (Å²) in [5, 5.41) is 10.1. The van der Waals surface area contributed by atoms with Crippen LogP contribution >= 0.6 is 27.7 Å². The summed E-state index contributed by atoms with van der Waals surface area (Å²) >= 11 is 5.20. The Hall–Kier alpha value is -0.850. The fourth-order valence-corrected chi connectivity index (χ4v) is 3.51. The van der Waals surface area contributed by atoms with E-state index in [1.807, 2.05) is 30.1 Å². The smallest absolute Gasteiger partial charge is 0.116 e. The molecule has 0 aromatic carbocycles. The third-order valence-electron chi connectivity index (χ3n) is 3.06. The maximum Gasteiger partial charge on any atom is 0.116 e. The Labute approximate surface area is 138 Å². The highest BCUT2D eigenvalue weighted by Crippen LogP contribution is 2.34. The van der Waals surface area contributed by atoms with E-state index in [0.29, 0.717) is 5.92 Å². The van der Waals surface area contributed by atoms with Crippen molar-refractivity contribution in [2.45, 2.75) is 37.4 Å². The lowest BCUT2D eigenvalue weighted by molar-refractivity contribution is 0.548. The van der Waals surface area contributed by atoms with Crippen molar-refractivity contribution in [2.75, 3.05) is 6.54 Å². The molecular weight excluding hydrogens is 348 g/mol. The summed E-state index contributed by atoms with van der Waals surface area (Å²) < 4.78 is 2.95. The van der Waals surface area contributed by atoms with E-state index in [0.717, 1.165) is 33.3 Å². The lowest BCUT2D eigenvalue weighted by atomic mass is 10.2. The molecule has 0 saturated heterocycles. The fraction of sp³-hybridized carbons (Fsp3) is 0.467. The first kappa shape index (κ1) is 16.5. The van der Waals surface area contributed by atoms with Crippen LogP contribution in [0.2, 0.25) is 0 Å². The number of hydrogen-bond donors (Lipinski definition) is 1. The number of rotatable bonds is 6. The van der Waals surface area contributed by atoms with Crippen LogP contribution in [0.1, 0.15) is 25.1 Å². The van der Waals surface area contributed by atoms with E-state index >= 15 is 0 Å². The molecule has 0 unspecified atom stereocenters. The first-order valence-corrected chi connectivity index (χ1v) is 8.61. The zero-order chi connectivity index (χ0) is 15.4. The number of hydrogen-bond acceptors (Lipinski definition) is 4. The Bertz CT molecular complexity index is 610. The van der Waals surface area contributed by atoms with Crippen molar-refractivity contribution in [3.63, 3.8) is 0 Å². The predicted octanol–water partition coefficient (Wildman–Crippen LogP) is 3.78. The summed E-state index contributed by atoms with van der Waals surface area (Å²) in [4.78, 5) is 4.43. The molecule has 2 rings (SSSR count). The van der Waals surface area contributed by atoms with Crippen LogP contribution in [0.4, 0.5) is 0 Å². The number of halogens is 1. The highest BCUT2D eigenvalue weighted by Gasteiger charge is 2.16. The summed E-state index contributed by atoms with van der Waals surface area (Å²) in [6.45, 7) is 8.33. The SMILES string of the molecule is Cc1nn(C)c(Sc2ncccc2Br)c1CNCC(C)C. The molecule has 2 aromatic rings. The molecule has 0 radical (unpaired) electrons. The highest BCUT2D eigenvalue weighted by atomic mass is 79.9. The lowest BCUT2D eigenvalue weighted by Crippen LogP contribution is -2.19. The molecule has 0 fully saturated rings. The standard InChI is InChI=1S/C15H21BrN4S/c1-10(2)8-17-9-12-11(3)19-20(4)15(12)21-14-13(16)6-5-7-18-14/h5-7,10,17H,8-9H2,1-4H3. The molecule has 6 heteroatoms. The van der Waals surface area contributed by atoms with Crippen LogP contribution in [0.5, 0.6) is 0 Å². The molecule has 0 saturated carbocycles. The molecule has 0 spiro atoms. The zero-order valence-corrected chi connectivity index (χ0v) is 15.3. The van der Waals surface area contributed by atoms with E-state index in [1.165, 1.54) is 5.56 Å². The van der Waals surface area contributed by atoms with Gasteiger partial charge in [0.25, 0.3) is 0 Å². The van der Waals surface area contributed by atoms with E-state index < -0.39 is 0 Å². The predicted molar refractivity (Wildman–Crippen MR) is 90.5 cm³/mol. The van der Waals surface area contributed by atoms with Crippen molar-refractivity contribution < 1.29 is 0 Å². The van der Waals surface area contributed by atoms with Gasteiger partial charge in [-0.15, -0.1) is 0 Å². The van der Waals surface area contributed by atoms with Crippen LogP contribution < -0.4 is 5.32 Å². The molecule has 0 atom stereocenters.